The number of hydrogen-bond acceptors (Lipinski definition) is 1. The Labute approximate surface area is 113 Å². The molecule has 18 heavy (non-hydrogen) atoms. The minimum atomic E-state index is 0.531. The Balaban J connectivity index is 2.01. The molecule has 1 unspecified atom stereocenters. The van der Waals surface area contributed by atoms with Gasteiger partial charge in [-0.1, -0.05) is 25.0 Å². The lowest BCUT2D eigenvalue weighted by Crippen LogP contribution is -2.10. The predicted molar refractivity (Wildman–Crippen MR) is 76.2 cm³/mol. The van der Waals surface area contributed by atoms with Gasteiger partial charge in [0.1, 0.15) is 5.82 Å². The molecule has 3 heteroatoms. The highest BCUT2D eigenvalue weighted by molar-refractivity contribution is 6.17. The predicted octanol–water partition coefficient (Wildman–Crippen LogP) is 4.18. The summed E-state index contributed by atoms with van der Waals surface area (Å²) >= 11 is 5.91. The van der Waals surface area contributed by atoms with Gasteiger partial charge >= 0.3 is 0 Å². The second-order valence-corrected chi connectivity index (χ2v) is 5.73. The number of imidazole rings is 1. The molecule has 0 spiro atoms. The van der Waals surface area contributed by atoms with Crippen LogP contribution >= 0.6 is 11.6 Å². The van der Waals surface area contributed by atoms with Crippen molar-refractivity contribution in [1.29, 1.82) is 0 Å². The van der Waals surface area contributed by atoms with Crippen molar-refractivity contribution in [2.24, 2.45) is 5.92 Å². The van der Waals surface area contributed by atoms with Crippen LogP contribution in [0.25, 0.3) is 11.0 Å². The molecule has 1 heterocycles. The van der Waals surface area contributed by atoms with Crippen LogP contribution in [-0.4, -0.2) is 15.4 Å². The van der Waals surface area contributed by atoms with Crippen molar-refractivity contribution in [1.82, 2.24) is 9.55 Å². The lowest BCUT2D eigenvalue weighted by molar-refractivity contribution is 0.473. The van der Waals surface area contributed by atoms with Gasteiger partial charge in [-0.2, -0.15) is 0 Å². The van der Waals surface area contributed by atoms with Crippen molar-refractivity contribution < 1.29 is 0 Å². The Kier molecular flexibility index (Phi) is 3.29. The maximum atomic E-state index is 5.91. The average molecular weight is 263 g/mol. The van der Waals surface area contributed by atoms with E-state index in [0.717, 1.165) is 23.7 Å². The summed E-state index contributed by atoms with van der Waals surface area (Å²) < 4.78 is 2.40. The van der Waals surface area contributed by atoms with E-state index >= 15 is 0 Å². The summed E-state index contributed by atoms with van der Waals surface area (Å²) in [5.74, 6) is 2.71. The van der Waals surface area contributed by atoms with Crippen LogP contribution in [0.3, 0.4) is 0 Å². The molecule has 1 aliphatic carbocycles. The zero-order valence-electron chi connectivity index (χ0n) is 10.8. The van der Waals surface area contributed by atoms with Crippen LogP contribution in [-0.2, 0) is 6.42 Å². The first kappa shape index (κ1) is 12.0. The third kappa shape index (κ3) is 2.26. The van der Waals surface area contributed by atoms with Crippen molar-refractivity contribution >= 4 is 22.6 Å². The van der Waals surface area contributed by atoms with Crippen molar-refractivity contribution in [2.75, 3.05) is 5.88 Å². The summed E-state index contributed by atoms with van der Waals surface area (Å²) in [5, 5.41) is 0. The molecule has 2 nitrogen and oxygen atoms in total. The molecule has 1 fully saturated rings. The van der Waals surface area contributed by atoms with E-state index in [9.17, 15) is 0 Å². The number of alkyl halides is 1. The number of rotatable bonds is 5. The number of hydrogen-bond donors (Lipinski definition) is 0. The summed E-state index contributed by atoms with van der Waals surface area (Å²) in [4.78, 5) is 4.73. The number of aromatic nitrogens is 2. The van der Waals surface area contributed by atoms with E-state index in [0.29, 0.717) is 11.9 Å². The maximum absolute atomic E-state index is 5.91. The van der Waals surface area contributed by atoms with E-state index in [1.807, 2.05) is 0 Å². The molecule has 1 atom stereocenters. The molecule has 2 aromatic rings. The molecule has 0 aliphatic heterocycles. The fourth-order valence-corrected chi connectivity index (χ4v) is 2.96. The van der Waals surface area contributed by atoms with Crippen molar-refractivity contribution in [3.05, 3.63) is 30.1 Å². The van der Waals surface area contributed by atoms with E-state index in [-0.39, 0.29) is 0 Å². The molecule has 0 saturated heterocycles. The first-order valence-electron chi connectivity index (χ1n) is 6.81. The monoisotopic (exact) mass is 262 g/mol. The first-order valence-corrected chi connectivity index (χ1v) is 7.35. The number of nitrogens with zero attached hydrogens (tertiary/aromatic N) is 2. The van der Waals surface area contributed by atoms with Crippen LogP contribution in [0.4, 0.5) is 0 Å². The van der Waals surface area contributed by atoms with Gasteiger partial charge in [0.2, 0.25) is 0 Å². The number of halogens is 1. The van der Waals surface area contributed by atoms with Gasteiger partial charge < -0.3 is 4.57 Å². The third-order valence-corrected chi connectivity index (χ3v) is 3.99. The summed E-state index contributed by atoms with van der Waals surface area (Å²) in [5.41, 5.74) is 2.35. The molecular formula is C15H19ClN2. The molecule has 3 rings (SSSR count). The SMILES string of the molecule is CC(CC1CC1)n1c(CCCl)nc2ccccc21. The van der Waals surface area contributed by atoms with Crippen LogP contribution in [0, 0.1) is 5.92 Å². The summed E-state index contributed by atoms with van der Waals surface area (Å²) in [6, 6.07) is 8.93. The lowest BCUT2D eigenvalue weighted by Gasteiger charge is -2.17. The number of benzene rings is 1. The van der Waals surface area contributed by atoms with Crippen LogP contribution in [0.1, 0.15) is 38.1 Å². The molecule has 0 N–H and O–H groups in total. The maximum Gasteiger partial charge on any atom is 0.111 e. The number of aryl methyl sites for hydroxylation is 1. The quantitative estimate of drug-likeness (QED) is 0.739. The minimum Gasteiger partial charge on any atom is -0.325 e. The van der Waals surface area contributed by atoms with E-state index < -0.39 is 0 Å². The van der Waals surface area contributed by atoms with Crippen molar-refractivity contribution in [3.8, 4) is 0 Å². The lowest BCUT2D eigenvalue weighted by atomic mass is 10.1. The van der Waals surface area contributed by atoms with Crippen molar-refractivity contribution in [3.63, 3.8) is 0 Å². The smallest absolute Gasteiger partial charge is 0.111 e. The Morgan fingerprint density at radius 2 is 2.17 bits per heavy atom. The molecule has 96 valence electrons. The normalized spacial score (nSPS) is 17.2. The largest absolute Gasteiger partial charge is 0.325 e. The molecule has 0 bridgehead atoms. The molecule has 1 saturated carbocycles. The molecule has 0 amide bonds. The van der Waals surface area contributed by atoms with E-state index in [4.69, 9.17) is 16.6 Å². The van der Waals surface area contributed by atoms with Crippen molar-refractivity contribution in [2.45, 2.75) is 38.6 Å². The molecule has 1 aromatic heterocycles. The zero-order valence-corrected chi connectivity index (χ0v) is 11.5. The van der Waals surface area contributed by atoms with Gasteiger partial charge in [-0.15, -0.1) is 11.6 Å². The summed E-state index contributed by atoms with van der Waals surface area (Å²) in [6.07, 6.45) is 4.94. The van der Waals surface area contributed by atoms with Crippen LogP contribution in [0.2, 0.25) is 0 Å². The first-order chi connectivity index (χ1) is 8.79. The highest BCUT2D eigenvalue weighted by Crippen LogP contribution is 2.38. The van der Waals surface area contributed by atoms with Gasteiger partial charge in [-0.05, 0) is 31.4 Å². The van der Waals surface area contributed by atoms with E-state index in [1.54, 1.807) is 0 Å². The fourth-order valence-electron chi connectivity index (χ4n) is 2.79. The van der Waals surface area contributed by atoms with Gasteiger partial charge in [-0.25, -0.2) is 4.98 Å². The number of para-hydroxylation sites is 2. The standard InChI is InChI=1S/C15H19ClN2/c1-11(10-12-6-7-12)18-14-5-3-2-4-13(14)17-15(18)8-9-16/h2-5,11-12H,6-10H2,1H3. The van der Waals surface area contributed by atoms with E-state index in [1.165, 1.54) is 24.8 Å². The highest BCUT2D eigenvalue weighted by atomic mass is 35.5. The zero-order chi connectivity index (χ0) is 12.5. The third-order valence-electron chi connectivity index (χ3n) is 3.80. The second-order valence-electron chi connectivity index (χ2n) is 5.35. The minimum absolute atomic E-state index is 0.531. The van der Waals surface area contributed by atoms with Gasteiger partial charge in [0.15, 0.2) is 0 Å². The fraction of sp³-hybridized carbons (Fsp3) is 0.533. The Hall–Kier alpha value is -1.02. The van der Waals surface area contributed by atoms with E-state index in [2.05, 4.69) is 35.8 Å². The molecule has 1 aliphatic rings. The topological polar surface area (TPSA) is 17.8 Å². The summed E-state index contributed by atoms with van der Waals surface area (Å²) in [7, 11) is 0. The molecular weight excluding hydrogens is 244 g/mol. The Morgan fingerprint density at radius 1 is 1.39 bits per heavy atom. The Bertz CT molecular complexity index is 542. The van der Waals surface area contributed by atoms with Gasteiger partial charge in [0, 0.05) is 18.3 Å². The summed E-state index contributed by atoms with van der Waals surface area (Å²) in [6.45, 7) is 2.31. The second kappa shape index (κ2) is 4.93. The molecule has 0 radical (unpaired) electrons. The van der Waals surface area contributed by atoms with Gasteiger partial charge in [-0.3, -0.25) is 0 Å². The molecule has 1 aromatic carbocycles. The average Bonchev–Trinajstić information content (AvgIpc) is 3.09. The van der Waals surface area contributed by atoms with Gasteiger partial charge in [0.05, 0.1) is 11.0 Å². The Morgan fingerprint density at radius 3 is 2.89 bits per heavy atom. The number of fused-ring (bicyclic) bond motifs is 1. The van der Waals surface area contributed by atoms with Crippen LogP contribution < -0.4 is 0 Å². The van der Waals surface area contributed by atoms with Gasteiger partial charge in [0.25, 0.3) is 0 Å². The highest BCUT2D eigenvalue weighted by Gasteiger charge is 2.26. The van der Waals surface area contributed by atoms with Crippen LogP contribution in [0.15, 0.2) is 24.3 Å². The van der Waals surface area contributed by atoms with Crippen LogP contribution in [0.5, 0.6) is 0 Å².